The molecule has 0 aliphatic heterocycles. The molecule has 0 saturated heterocycles. The smallest absolute Gasteiger partial charge is 0.271 e. The summed E-state index contributed by atoms with van der Waals surface area (Å²) < 4.78 is 28.3. The molecule has 3 aromatic carbocycles. The Bertz CT molecular complexity index is 1340. The number of anilines is 2. The van der Waals surface area contributed by atoms with Gasteiger partial charge in [-0.3, -0.25) is 19.6 Å². The van der Waals surface area contributed by atoms with E-state index in [0.29, 0.717) is 11.3 Å². The lowest BCUT2D eigenvalue weighted by Gasteiger charge is -2.13. The lowest BCUT2D eigenvalue weighted by molar-refractivity contribution is -0.384. The summed E-state index contributed by atoms with van der Waals surface area (Å²) in [5.74, 6) is -0.632. The van der Waals surface area contributed by atoms with E-state index in [2.05, 4.69) is 10.0 Å². The Kier molecular flexibility index (Phi) is 6.52. The molecule has 0 radical (unpaired) electrons. The predicted molar refractivity (Wildman–Crippen MR) is 124 cm³/mol. The number of halogens is 1. The minimum atomic E-state index is -4.08. The van der Waals surface area contributed by atoms with Crippen LogP contribution in [0.5, 0.6) is 0 Å². The summed E-state index contributed by atoms with van der Waals surface area (Å²) >= 11 is 6.12. The number of rotatable bonds is 6. The Morgan fingerprint density at radius 1 is 0.938 bits per heavy atom. The van der Waals surface area contributed by atoms with E-state index in [9.17, 15) is 23.3 Å². The van der Waals surface area contributed by atoms with Crippen LogP contribution in [0.25, 0.3) is 0 Å². The topological polar surface area (TPSA) is 118 Å². The minimum absolute atomic E-state index is 0.0285. The molecule has 1 amide bonds. The van der Waals surface area contributed by atoms with E-state index >= 15 is 0 Å². The Hall–Kier alpha value is -3.43. The first-order valence-corrected chi connectivity index (χ1v) is 11.3. The van der Waals surface area contributed by atoms with E-state index in [-0.39, 0.29) is 26.9 Å². The molecule has 0 fully saturated rings. The van der Waals surface area contributed by atoms with E-state index in [1.807, 2.05) is 13.8 Å². The zero-order chi connectivity index (χ0) is 23.6. The molecule has 166 valence electrons. The number of nitrogens with zero attached hydrogens (tertiary/aromatic N) is 1. The van der Waals surface area contributed by atoms with Crippen molar-refractivity contribution in [1.82, 2.24) is 0 Å². The summed E-state index contributed by atoms with van der Waals surface area (Å²) in [7, 11) is -4.08. The van der Waals surface area contributed by atoms with Crippen molar-refractivity contribution in [3.8, 4) is 0 Å². The van der Waals surface area contributed by atoms with Gasteiger partial charge in [0.1, 0.15) is 4.90 Å². The Morgan fingerprint density at radius 2 is 1.62 bits per heavy atom. The van der Waals surface area contributed by atoms with Gasteiger partial charge >= 0.3 is 0 Å². The number of hydrogen-bond donors (Lipinski definition) is 2. The number of sulfonamides is 1. The van der Waals surface area contributed by atoms with Crippen LogP contribution < -0.4 is 10.0 Å². The first kappa shape index (κ1) is 23.2. The zero-order valence-electron chi connectivity index (χ0n) is 17.5. The number of nitro groups is 1. The van der Waals surface area contributed by atoms with Crippen LogP contribution in [-0.4, -0.2) is 19.2 Å². The summed E-state index contributed by atoms with van der Waals surface area (Å²) in [4.78, 5) is 22.9. The van der Waals surface area contributed by atoms with E-state index in [0.717, 1.165) is 17.2 Å². The lowest BCUT2D eigenvalue weighted by Crippen LogP contribution is -2.17. The van der Waals surface area contributed by atoms with E-state index < -0.39 is 20.9 Å². The fourth-order valence-corrected chi connectivity index (χ4v) is 4.49. The summed E-state index contributed by atoms with van der Waals surface area (Å²) in [6.45, 7) is 5.46. The van der Waals surface area contributed by atoms with Gasteiger partial charge in [-0.05, 0) is 67.8 Å². The molecule has 3 aromatic rings. The second-order valence-electron chi connectivity index (χ2n) is 7.26. The van der Waals surface area contributed by atoms with Crippen LogP contribution >= 0.6 is 11.6 Å². The van der Waals surface area contributed by atoms with E-state index in [1.165, 1.54) is 30.3 Å². The zero-order valence-corrected chi connectivity index (χ0v) is 19.0. The third-order valence-electron chi connectivity index (χ3n) is 4.92. The molecule has 0 unspecified atom stereocenters. The van der Waals surface area contributed by atoms with Crippen LogP contribution in [0, 0.1) is 30.9 Å². The van der Waals surface area contributed by atoms with Crippen molar-refractivity contribution in [2.75, 3.05) is 10.0 Å². The minimum Gasteiger partial charge on any atom is -0.321 e. The third kappa shape index (κ3) is 5.06. The van der Waals surface area contributed by atoms with Gasteiger partial charge in [-0.2, -0.15) is 0 Å². The van der Waals surface area contributed by atoms with Crippen LogP contribution in [0.15, 0.2) is 59.5 Å². The van der Waals surface area contributed by atoms with Crippen LogP contribution in [0.4, 0.5) is 17.1 Å². The average molecular weight is 474 g/mol. The highest BCUT2D eigenvalue weighted by atomic mass is 35.5. The maximum absolute atomic E-state index is 12.9. The lowest BCUT2D eigenvalue weighted by atomic mass is 10.1. The fraction of sp³-hybridized carbons (Fsp3) is 0.136. The van der Waals surface area contributed by atoms with Crippen molar-refractivity contribution in [3.05, 3.63) is 92.0 Å². The maximum Gasteiger partial charge on any atom is 0.271 e. The first-order chi connectivity index (χ1) is 15.0. The van der Waals surface area contributed by atoms with Gasteiger partial charge in [-0.25, -0.2) is 8.42 Å². The van der Waals surface area contributed by atoms with Crippen molar-refractivity contribution in [2.24, 2.45) is 0 Å². The average Bonchev–Trinajstić information content (AvgIpc) is 2.72. The van der Waals surface area contributed by atoms with Gasteiger partial charge in [0, 0.05) is 23.4 Å². The first-order valence-electron chi connectivity index (χ1n) is 9.44. The van der Waals surface area contributed by atoms with Crippen LogP contribution in [0.1, 0.15) is 27.0 Å². The molecule has 0 heterocycles. The molecule has 0 aromatic heterocycles. The Balaban J connectivity index is 1.91. The normalized spacial score (nSPS) is 11.1. The molecular formula is C22H20ClN3O5S. The molecule has 32 heavy (non-hydrogen) atoms. The van der Waals surface area contributed by atoms with Gasteiger partial charge in [-0.1, -0.05) is 23.7 Å². The van der Waals surface area contributed by atoms with Gasteiger partial charge in [0.2, 0.25) is 0 Å². The third-order valence-corrected chi connectivity index (χ3v) is 6.79. The van der Waals surface area contributed by atoms with Gasteiger partial charge in [0.05, 0.1) is 15.6 Å². The molecule has 8 nitrogen and oxygen atoms in total. The van der Waals surface area contributed by atoms with Crippen molar-refractivity contribution in [3.63, 3.8) is 0 Å². The number of nitrogens with one attached hydrogen (secondary N) is 2. The van der Waals surface area contributed by atoms with Gasteiger partial charge in [0.25, 0.3) is 21.6 Å². The number of amides is 1. The molecule has 3 rings (SSSR count). The van der Waals surface area contributed by atoms with E-state index in [4.69, 9.17) is 11.6 Å². The number of carbonyl (C=O) groups excluding carboxylic acids is 1. The van der Waals surface area contributed by atoms with Crippen molar-refractivity contribution >= 4 is 44.6 Å². The number of non-ortho nitro benzene ring substituents is 1. The highest BCUT2D eigenvalue weighted by Crippen LogP contribution is 2.27. The summed E-state index contributed by atoms with van der Waals surface area (Å²) in [6.07, 6.45) is 0. The maximum atomic E-state index is 12.9. The summed E-state index contributed by atoms with van der Waals surface area (Å²) in [6, 6.07) is 13.0. The molecule has 0 aliphatic rings. The van der Waals surface area contributed by atoms with Gasteiger partial charge < -0.3 is 5.32 Å². The van der Waals surface area contributed by atoms with E-state index in [1.54, 1.807) is 25.1 Å². The SMILES string of the molecule is Cc1ccc(NS(=O)(=O)c2cc(C(=O)Nc3cc([N+](=O)[O-])ccc3C)ccc2Cl)cc1C. The molecule has 0 spiro atoms. The second-order valence-corrected chi connectivity index (χ2v) is 9.32. The Morgan fingerprint density at radius 3 is 2.28 bits per heavy atom. The molecule has 0 bridgehead atoms. The van der Waals surface area contributed by atoms with Crippen LogP contribution in [0.2, 0.25) is 5.02 Å². The number of aryl methyl sites for hydroxylation is 3. The molecule has 2 N–H and O–H groups in total. The van der Waals surface area contributed by atoms with Crippen molar-refractivity contribution in [2.45, 2.75) is 25.7 Å². The molecule has 0 atom stereocenters. The van der Waals surface area contributed by atoms with Crippen molar-refractivity contribution in [1.29, 1.82) is 0 Å². The summed E-state index contributed by atoms with van der Waals surface area (Å²) in [5.41, 5.74) is 3.01. The molecule has 10 heteroatoms. The standard InChI is InChI=1S/C22H20ClN3O5S/c1-13-4-7-17(10-15(13)3)25-32(30,31)21-11-16(6-9-19(21)23)22(27)24-20-12-18(26(28)29)8-5-14(20)2/h4-12,25H,1-3H3,(H,24,27). The second kappa shape index (κ2) is 8.97. The highest BCUT2D eigenvalue weighted by Gasteiger charge is 2.21. The monoisotopic (exact) mass is 473 g/mol. The predicted octanol–water partition coefficient (Wildman–Crippen LogP) is 5.23. The van der Waals surface area contributed by atoms with Gasteiger partial charge in [-0.15, -0.1) is 0 Å². The quantitative estimate of drug-likeness (QED) is 0.375. The number of benzene rings is 3. The molecule has 0 saturated carbocycles. The van der Waals surface area contributed by atoms with Gasteiger partial charge in [0.15, 0.2) is 0 Å². The highest BCUT2D eigenvalue weighted by molar-refractivity contribution is 7.92. The largest absolute Gasteiger partial charge is 0.321 e. The molecular weight excluding hydrogens is 454 g/mol. The number of nitro benzene ring substituents is 1. The number of hydrogen-bond acceptors (Lipinski definition) is 5. The molecule has 0 aliphatic carbocycles. The summed E-state index contributed by atoms with van der Waals surface area (Å²) in [5, 5.41) is 13.5. The van der Waals surface area contributed by atoms with Crippen LogP contribution in [-0.2, 0) is 10.0 Å². The fourth-order valence-electron chi connectivity index (χ4n) is 2.92. The number of carbonyl (C=O) groups is 1. The van der Waals surface area contributed by atoms with Crippen LogP contribution in [0.3, 0.4) is 0 Å². The van der Waals surface area contributed by atoms with Crippen molar-refractivity contribution < 1.29 is 18.1 Å². The Labute approximate surface area is 190 Å².